The van der Waals surface area contributed by atoms with E-state index in [9.17, 15) is 0 Å². The van der Waals surface area contributed by atoms with Crippen LogP contribution < -0.4 is 4.74 Å². The quantitative estimate of drug-likeness (QED) is 0.0773. The van der Waals surface area contributed by atoms with E-state index in [0.717, 1.165) is 24.3 Å². The normalized spacial score (nSPS) is 17.8. The van der Waals surface area contributed by atoms with Gasteiger partial charge in [-0.2, -0.15) is 0 Å². The molecular formula is C51H92O6Si3. The van der Waals surface area contributed by atoms with Gasteiger partial charge in [-0.25, -0.2) is 0 Å². The van der Waals surface area contributed by atoms with Gasteiger partial charge in [0.25, 0.3) is 0 Å². The van der Waals surface area contributed by atoms with Crippen molar-refractivity contribution in [3.8, 4) is 5.75 Å². The molecule has 60 heavy (non-hydrogen) atoms. The van der Waals surface area contributed by atoms with Gasteiger partial charge in [-0.05, 0) is 95.9 Å². The summed E-state index contributed by atoms with van der Waals surface area (Å²) in [7, 11) is -4.43. The summed E-state index contributed by atoms with van der Waals surface area (Å²) in [6.07, 6.45) is 5.68. The molecule has 9 heteroatoms. The van der Waals surface area contributed by atoms with Gasteiger partial charge in [-0.15, -0.1) is 0 Å². The molecule has 0 heterocycles. The van der Waals surface area contributed by atoms with Gasteiger partial charge in [-0.1, -0.05) is 152 Å². The molecule has 2 aromatic rings. The molecule has 0 saturated heterocycles. The fourth-order valence-corrected chi connectivity index (χ4v) is 10.8. The molecular weight excluding hydrogens is 793 g/mol. The molecule has 8 atom stereocenters. The second kappa shape index (κ2) is 22.9. The molecule has 0 amide bonds. The Bertz CT molecular complexity index is 1540. The molecule has 0 radical (unpaired) electrons. The molecule has 0 aliphatic carbocycles. The molecule has 0 fully saturated rings. The summed E-state index contributed by atoms with van der Waals surface area (Å²) in [5.74, 6) is 1.98. The number of ether oxygens (including phenoxy) is 3. The van der Waals surface area contributed by atoms with Crippen LogP contribution in [0.4, 0.5) is 0 Å². The van der Waals surface area contributed by atoms with Crippen molar-refractivity contribution in [1.29, 1.82) is 0 Å². The lowest BCUT2D eigenvalue weighted by atomic mass is 9.85. The van der Waals surface area contributed by atoms with Gasteiger partial charge in [0.05, 0.1) is 45.2 Å². The summed E-state index contributed by atoms with van der Waals surface area (Å²) in [4.78, 5) is 0. The highest BCUT2D eigenvalue weighted by atomic mass is 28.4. The Kier molecular flexibility index (Phi) is 20.8. The van der Waals surface area contributed by atoms with E-state index in [-0.39, 0.29) is 51.2 Å². The van der Waals surface area contributed by atoms with E-state index in [1.54, 1.807) is 7.11 Å². The molecule has 344 valence electrons. The van der Waals surface area contributed by atoms with E-state index < -0.39 is 25.0 Å². The Labute approximate surface area is 373 Å². The van der Waals surface area contributed by atoms with Crippen LogP contribution >= 0.6 is 0 Å². The number of rotatable bonds is 24. The summed E-state index contributed by atoms with van der Waals surface area (Å²) < 4.78 is 40.3. The van der Waals surface area contributed by atoms with Gasteiger partial charge in [-0.3, -0.25) is 0 Å². The number of hydrogen-bond donors (Lipinski definition) is 0. The molecule has 0 aliphatic heterocycles. The van der Waals surface area contributed by atoms with Crippen molar-refractivity contribution >= 4 is 25.0 Å². The second-order valence-electron chi connectivity index (χ2n) is 22.8. The molecule has 0 aromatic heterocycles. The number of hydrogen-bond acceptors (Lipinski definition) is 6. The first kappa shape index (κ1) is 54.6. The van der Waals surface area contributed by atoms with Crippen LogP contribution in [0, 0.1) is 29.6 Å². The van der Waals surface area contributed by atoms with Crippen LogP contribution in [0.15, 0.2) is 66.7 Å². The zero-order valence-corrected chi connectivity index (χ0v) is 45.5. The fraction of sp³-hybridized carbons (Fsp3) is 0.725. The molecule has 2 aromatic carbocycles. The highest BCUT2D eigenvalue weighted by Crippen LogP contribution is 2.42. The van der Waals surface area contributed by atoms with Crippen molar-refractivity contribution < 1.29 is 27.5 Å². The van der Waals surface area contributed by atoms with Gasteiger partial charge in [0.1, 0.15) is 5.75 Å². The van der Waals surface area contributed by atoms with Crippen LogP contribution in [-0.2, 0) is 36.0 Å². The maximum absolute atomic E-state index is 7.37. The summed E-state index contributed by atoms with van der Waals surface area (Å²) in [5.41, 5.74) is 2.29. The molecule has 0 N–H and O–H groups in total. The average Bonchev–Trinajstić information content (AvgIpc) is 3.13. The third-order valence-corrected chi connectivity index (χ3v) is 27.6. The summed E-state index contributed by atoms with van der Waals surface area (Å²) in [5, 5.41) is 0.344. The van der Waals surface area contributed by atoms with Gasteiger partial charge in [0, 0.05) is 24.4 Å². The number of allylic oxidation sites excluding steroid dienone is 1. The van der Waals surface area contributed by atoms with E-state index in [1.165, 1.54) is 5.56 Å². The molecule has 0 unspecified atom stereocenters. The Morgan fingerprint density at radius 3 is 1.57 bits per heavy atom. The van der Waals surface area contributed by atoms with Gasteiger partial charge < -0.3 is 27.5 Å². The van der Waals surface area contributed by atoms with Crippen molar-refractivity contribution in [3.63, 3.8) is 0 Å². The van der Waals surface area contributed by atoms with Crippen LogP contribution in [0.3, 0.4) is 0 Å². The van der Waals surface area contributed by atoms with Crippen LogP contribution in [0.25, 0.3) is 0 Å². The summed E-state index contributed by atoms with van der Waals surface area (Å²) >= 11 is 0. The maximum Gasteiger partial charge on any atom is 0.192 e. The van der Waals surface area contributed by atoms with Gasteiger partial charge >= 0.3 is 0 Å². The molecule has 6 nitrogen and oxygen atoms in total. The van der Waals surface area contributed by atoms with Gasteiger partial charge in [0.15, 0.2) is 25.0 Å². The zero-order chi connectivity index (χ0) is 45.9. The van der Waals surface area contributed by atoms with Crippen molar-refractivity contribution in [2.75, 3.05) is 20.3 Å². The molecule has 0 saturated carbocycles. The molecule has 0 spiro atoms. The first-order valence-corrected chi connectivity index (χ1v) is 31.7. The van der Waals surface area contributed by atoms with E-state index in [1.807, 2.05) is 18.2 Å². The topological polar surface area (TPSA) is 55.4 Å². The highest BCUT2D eigenvalue weighted by molar-refractivity contribution is 6.75. The number of methoxy groups -OCH3 is 1. The minimum absolute atomic E-state index is 0.0553. The number of benzene rings is 2. The van der Waals surface area contributed by atoms with Gasteiger partial charge in [0.2, 0.25) is 0 Å². The average molecular weight is 886 g/mol. The smallest absolute Gasteiger partial charge is 0.192 e. The second-order valence-corrected chi connectivity index (χ2v) is 37.1. The van der Waals surface area contributed by atoms with Crippen molar-refractivity contribution in [1.82, 2.24) is 0 Å². The lowest BCUT2D eigenvalue weighted by Crippen LogP contribution is -2.49. The predicted octanol–water partition coefficient (Wildman–Crippen LogP) is 14.7. The monoisotopic (exact) mass is 885 g/mol. The first-order valence-electron chi connectivity index (χ1n) is 23.0. The maximum atomic E-state index is 7.37. The summed E-state index contributed by atoms with van der Waals surface area (Å²) in [6.45, 7) is 49.3. The van der Waals surface area contributed by atoms with Crippen molar-refractivity contribution in [2.24, 2.45) is 29.6 Å². The molecule has 2 rings (SSSR count). The minimum atomic E-state index is -2.18. The SMILES string of the molecule is COc1ccc(CO[C@H]([C@@H](C)[C@@H](C=C[C@H](C)C[C@H](C)[C@@H](O[Si](C)(C)C(C)(C)C)[C@@H](C)CO[Si](C)(C)C(C)(C)C)O[Si](C)(C)C(C)(C)C)[C@@H](C)COCc2ccccc2)cc1. The predicted molar refractivity (Wildman–Crippen MR) is 265 cm³/mol. The van der Waals surface area contributed by atoms with Crippen molar-refractivity contribution in [2.45, 2.75) is 189 Å². The van der Waals surface area contributed by atoms with Crippen LogP contribution in [0.5, 0.6) is 5.75 Å². The third-order valence-electron chi connectivity index (χ3n) is 14.2. The van der Waals surface area contributed by atoms with Crippen LogP contribution in [0.2, 0.25) is 54.4 Å². The Morgan fingerprint density at radius 2 is 1.05 bits per heavy atom. The van der Waals surface area contributed by atoms with Crippen molar-refractivity contribution in [3.05, 3.63) is 77.9 Å². The lowest BCUT2D eigenvalue weighted by molar-refractivity contribution is -0.0733. The Balaban J connectivity index is 2.46. The molecule has 0 aliphatic rings. The third kappa shape index (κ3) is 16.9. The molecule has 0 bridgehead atoms. The Hall–Kier alpha value is -1.57. The van der Waals surface area contributed by atoms with Crippen LogP contribution in [0.1, 0.15) is 114 Å². The standard InChI is InChI=1S/C51H92O6Si3/c1-38(33-39(2)47(57-60(20,21)51(12,13)14)41(4)35-55-58(16,17)49(6,7)8)27-32-46(56-59(18,19)50(9,10)11)42(5)48(54-37-44-28-30-45(52-15)31-29-44)40(3)34-53-36-43-25-23-22-24-26-43/h22-32,38-42,46-48H,33-37H2,1-21H3/t38-,39-,40-,41-,42-,46+,47+,48-/m0/s1. The van der Waals surface area contributed by atoms with E-state index >= 15 is 0 Å². The fourth-order valence-electron chi connectivity index (χ4n) is 6.87. The van der Waals surface area contributed by atoms with E-state index in [2.05, 4.69) is 185 Å². The largest absolute Gasteiger partial charge is 0.497 e. The van der Waals surface area contributed by atoms with Crippen LogP contribution in [-0.4, -0.2) is 63.6 Å². The Morgan fingerprint density at radius 1 is 0.550 bits per heavy atom. The van der Waals surface area contributed by atoms with E-state index in [4.69, 9.17) is 27.5 Å². The summed E-state index contributed by atoms with van der Waals surface area (Å²) in [6, 6.07) is 18.6. The van der Waals surface area contributed by atoms with E-state index in [0.29, 0.717) is 31.7 Å². The zero-order valence-electron chi connectivity index (χ0n) is 42.5. The lowest BCUT2D eigenvalue weighted by Gasteiger charge is -2.44. The highest BCUT2D eigenvalue weighted by Gasteiger charge is 2.44. The minimum Gasteiger partial charge on any atom is -0.497 e. The first-order chi connectivity index (χ1) is 27.4.